The van der Waals surface area contributed by atoms with E-state index < -0.39 is 0 Å². The van der Waals surface area contributed by atoms with E-state index in [2.05, 4.69) is 10.3 Å². The second-order valence-electron chi connectivity index (χ2n) is 7.47. The number of hydrogen-bond acceptors (Lipinski definition) is 3. The predicted octanol–water partition coefficient (Wildman–Crippen LogP) is 4.19. The van der Waals surface area contributed by atoms with Crippen LogP contribution in [0.15, 0.2) is 42.7 Å². The van der Waals surface area contributed by atoms with Gasteiger partial charge in [0.25, 0.3) is 5.91 Å². The molecular weight excluding hydrogens is 338 g/mol. The number of nitrogens with zero attached hydrogens (tertiary/aromatic N) is 2. The van der Waals surface area contributed by atoms with E-state index in [1.807, 2.05) is 23.1 Å². The summed E-state index contributed by atoms with van der Waals surface area (Å²) in [6.07, 6.45) is 10.6. The molecule has 1 N–H and O–H groups in total. The van der Waals surface area contributed by atoms with E-state index in [-0.39, 0.29) is 17.7 Å². The lowest BCUT2D eigenvalue weighted by molar-refractivity contribution is -0.120. The number of pyridine rings is 1. The topological polar surface area (TPSA) is 62.3 Å². The number of nitrogens with one attached hydrogen (secondary N) is 1. The molecule has 0 unspecified atom stereocenters. The van der Waals surface area contributed by atoms with E-state index in [4.69, 9.17) is 0 Å². The minimum Gasteiger partial charge on any atom is -0.326 e. The maximum absolute atomic E-state index is 12.9. The van der Waals surface area contributed by atoms with Gasteiger partial charge in [-0.2, -0.15) is 0 Å². The molecule has 1 saturated carbocycles. The van der Waals surface area contributed by atoms with Gasteiger partial charge in [0.05, 0.1) is 5.56 Å². The summed E-state index contributed by atoms with van der Waals surface area (Å²) in [6.45, 7) is 0.681. The molecular formula is C22H25N3O2. The lowest BCUT2D eigenvalue weighted by Crippen LogP contribution is -2.35. The van der Waals surface area contributed by atoms with Gasteiger partial charge in [0.2, 0.25) is 5.91 Å². The number of benzene rings is 1. The van der Waals surface area contributed by atoms with Crippen molar-refractivity contribution in [1.29, 1.82) is 0 Å². The Kier molecular flexibility index (Phi) is 5.19. The first kappa shape index (κ1) is 17.7. The summed E-state index contributed by atoms with van der Waals surface area (Å²) in [5, 5.41) is 3.07. The second kappa shape index (κ2) is 7.91. The molecule has 0 atom stereocenters. The molecule has 0 radical (unpaired) electrons. The zero-order valence-electron chi connectivity index (χ0n) is 15.5. The lowest BCUT2D eigenvalue weighted by Gasteiger charge is -2.30. The van der Waals surface area contributed by atoms with Crippen molar-refractivity contribution >= 4 is 23.2 Å². The van der Waals surface area contributed by atoms with Crippen LogP contribution in [0, 0.1) is 5.92 Å². The maximum atomic E-state index is 12.9. The second-order valence-corrected chi connectivity index (χ2v) is 7.47. The van der Waals surface area contributed by atoms with Crippen molar-refractivity contribution in [2.45, 2.75) is 44.9 Å². The van der Waals surface area contributed by atoms with E-state index in [0.29, 0.717) is 12.1 Å². The standard InChI is InChI=1S/C22H25N3O2/c26-21(17-6-2-1-3-7-17)24-19-11-10-16-9-5-13-25(20(16)14-19)22(27)18-8-4-12-23-15-18/h4,8,10-12,14-15,17H,1-3,5-7,9,13H2,(H,24,26). The van der Waals surface area contributed by atoms with Crippen LogP contribution in [0.2, 0.25) is 0 Å². The number of hydrogen-bond donors (Lipinski definition) is 1. The molecule has 140 valence electrons. The Morgan fingerprint density at radius 3 is 2.70 bits per heavy atom. The molecule has 2 aromatic rings. The fourth-order valence-corrected chi connectivity index (χ4v) is 4.12. The number of fused-ring (bicyclic) bond motifs is 1. The lowest BCUT2D eigenvalue weighted by atomic mass is 9.88. The maximum Gasteiger partial charge on any atom is 0.259 e. The van der Waals surface area contributed by atoms with E-state index in [1.165, 1.54) is 6.42 Å². The van der Waals surface area contributed by atoms with Crippen molar-refractivity contribution in [2.24, 2.45) is 5.92 Å². The third-order valence-corrected chi connectivity index (χ3v) is 5.60. The first-order chi connectivity index (χ1) is 13.2. The van der Waals surface area contributed by atoms with Crippen LogP contribution in [0.5, 0.6) is 0 Å². The smallest absolute Gasteiger partial charge is 0.259 e. The third-order valence-electron chi connectivity index (χ3n) is 5.60. The van der Waals surface area contributed by atoms with Crippen LogP contribution in [-0.4, -0.2) is 23.3 Å². The van der Waals surface area contributed by atoms with E-state index in [0.717, 1.165) is 55.5 Å². The highest BCUT2D eigenvalue weighted by Gasteiger charge is 2.25. The van der Waals surface area contributed by atoms with Gasteiger partial charge in [-0.15, -0.1) is 0 Å². The highest BCUT2D eigenvalue weighted by molar-refractivity contribution is 6.07. The van der Waals surface area contributed by atoms with Crippen molar-refractivity contribution in [2.75, 3.05) is 16.8 Å². The summed E-state index contributed by atoms with van der Waals surface area (Å²) in [5.41, 5.74) is 3.41. The van der Waals surface area contributed by atoms with Gasteiger partial charge in [-0.25, -0.2) is 0 Å². The molecule has 5 nitrogen and oxygen atoms in total. The normalized spacial score (nSPS) is 17.3. The minimum atomic E-state index is -0.0418. The van der Waals surface area contributed by atoms with Crippen molar-refractivity contribution in [3.63, 3.8) is 0 Å². The number of amides is 2. The highest BCUT2D eigenvalue weighted by Crippen LogP contribution is 2.32. The molecule has 1 aliphatic carbocycles. The molecule has 27 heavy (non-hydrogen) atoms. The zero-order chi connectivity index (χ0) is 18.6. The Hall–Kier alpha value is -2.69. The molecule has 5 heteroatoms. The molecule has 0 bridgehead atoms. The fourth-order valence-electron chi connectivity index (χ4n) is 4.12. The SMILES string of the molecule is O=C(Nc1ccc2c(c1)N(C(=O)c1cccnc1)CCC2)C1CCCCC1. The molecule has 0 spiro atoms. The van der Waals surface area contributed by atoms with Crippen molar-refractivity contribution < 1.29 is 9.59 Å². The van der Waals surface area contributed by atoms with Crippen molar-refractivity contribution in [3.8, 4) is 0 Å². The zero-order valence-corrected chi connectivity index (χ0v) is 15.5. The third kappa shape index (κ3) is 3.87. The molecule has 2 heterocycles. The first-order valence-corrected chi connectivity index (χ1v) is 9.88. The summed E-state index contributed by atoms with van der Waals surface area (Å²) in [7, 11) is 0. The molecule has 1 aromatic carbocycles. The number of aromatic nitrogens is 1. The molecule has 0 saturated heterocycles. The van der Waals surface area contributed by atoms with Crippen LogP contribution in [0.4, 0.5) is 11.4 Å². The summed E-state index contributed by atoms with van der Waals surface area (Å²) in [4.78, 5) is 31.4. The van der Waals surface area contributed by atoms with Crippen LogP contribution in [0.1, 0.15) is 54.4 Å². The summed E-state index contributed by atoms with van der Waals surface area (Å²) in [5.74, 6) is 0.179. The molecule has 1 aromatic heterocycles. The molecule has 2 amide bonds. The quantitative estimate of drug-likeness (QED) is 0.889. The van der Waals surface area contributed by atoms with Gasteiger partial charge in [0, 0.05) is 36.2 Å². The number of aryl methyl sites for hydroxylation is 1. The highest BCUT2D eigenvalue weighted by atomic mass is 16.2. The summed E-state index contributed by atoms with van der Waals surface area (Å²) < 4.78 is 0. The van der Waals surface area contributed by atoms with Crippen LogP contribution in [0.3, 0.4) is 0 Å². The largest absolute Gasteiger partial charge is 0.326 e. The van der Waals surface area contributed by atoms with E-state index >= 15 is 0 Å². The average molecular weight is 363 g/mol. The Labute approximate surface area is 159 Å². The van der Waals surface area contributed by atoms with E-state index in [1.54, 1.807) is 24.5 Å². The number of rotatable bonds is 3. The molecule has 1 fully saturated rings. The van der Waals surface area contributed by atoms with Gasteiger partial charge < -0.3 is 10.2 Å². The predicted molar refractivity (Wildman–Crippen MR) is 106 cm³/mol. The minimum absolute atomic E-state index is 0.0418. The number of carbonyl (C=O) groups is 2. The molecule has 1 aliphatic heterocycles. The van der Waals surface area contributed by atoms with Gasteiger partial charge >= 0.3 is 0 Å². The van der Waals surface area contributed by atoms with Crippen LogP contribution in [0.25, 0.3) is 0 Å². The first-order valence-electron chi connectivity index (χ1n) is 9.88. The van der Waals surface area contributed by atoms with Crippen molar-refractivity contribution in [1.82, 2.24) is 4.98 Å². The Balaban J connectivity index is 1.55. The number of anilines is 2. The fraction of sp³-hybridized carbons (Fsp3) is 0.409. The van der Waals surface area contributed by atoms with Gasteiger partial charge in [0.1, 0.15) is 0 Å². The van der Waals surface area contributed by atoms with Crippen LogP contribution >= 0.6 is 0 Å². The average Bonchev–Trinajstić information content (AvgIpc) is 2.74. The van der Waals surface area contributed by atoms with Gasteiger partial charge in [-0.05, 0) is 55.5 Å². The molecule has 4 rings (SSSR count). The monoisotopic (exact) mass is 363 g/mol. The van der Waals surface area contributed by atoms with Gasteiger partial charge in [-0.1, -0.05) is 25.3 Å². The van der Waals surface area contributed by atoms with Crippen LogP contribution < -0.4 is 10.2 Å². The Bertz CT molecular complexity index is 829. The van der Waals surface area contributed by atoms with Crippen molar-refractivity contribution in [3.05, 3.63) is 53.9 Å². The Morgan fingerprint density at radius 1 is 1.07 bits per heavy atom. The number of carbonyl (C=O) groups excluding carboxylic acids is 2. The summed E-state index contributed by atoms with van der Waals surface area (Å²) >= 11 is 0. The van der Waals surface area contributed by atoms with Gasteiger partial charge in [0.15, 0.2) is 0 Å². The van der Waals surface area contributed by atoms with E-state index in [9.17, 15) is 9.59 Å². The summed E-state index contributed by atoms with van der Waals surface area (Å²) in [6, 6.07) is 9.51. The van der Waals surface area contributed by atoms with Crippen LogP contribution in [-0.2, 0) is 11.2 Å². The Morgan fingerprint density at radius 2 is 1.93 bits per heavy atom. The molecule has 2 aliphatic rings. The van der Waals surface area contributed by atoms with Gasteiger partial charge in [-0.3, -0.25) is 14.6 Å².